The maximum Gasteiger partial charge on any atom is 0.220 e. The number of aromatic nitrogens is 1. The highest BCUT2D eigenvalue weighted by molar-refractivity contribution is 6.08. The molecule has 0 saturated heterocycles. The largest absolute Gasteiger partial charge is 0.493 e. The van der Waals surface area contributed by atoms with E-state index in [9.17, 15) is 14.9 Å². The number of carbonyl (C=O) groups is 1. The van der Waals surface area contributed by atoms with Crippen molar-refractivity contribution < 1.29 is 18.9 Å². The second-order valence-corrected chi connectivity index (χ2v) is 7.54. The SMILES string of the molecule is COc1ccc(C(CC(=O)NCCc2ccccc2)C[N+](=O)[O-])c2c1oc1cnccc12. The number of rotatable bonds is 9. The number of furan rings is 1. The summed E-state index contributed by atoms with van der Waals surface area (Å²) in [4.78, 5) is 27.8. The van der Waals surface area contributed by atoms with Crippen LogP contribution >= 0.6 is 0 Å². The van der Waals surface area contributed by atoms with Crippen molar-refractivity contribution in [1.29, 1.82) is 0 Å². The van der Waals surface area contributed by atoms with Crippen molar-refractivity contribution in [3.8, 4) is 5.75 Å². The van der Waals surface area contributed by atoms with Gasteiger partial charge in [-0.3, -0.25) is 19.9 Å². The third-order valence-corrected chi connectivity index (χ3v) is 5.46. The maximum absolute atomic E-state index is 12.7. The van der Waals surface area contributed by atoms with E-state index in [1.54, 1.807) is 30.6 Å². The van der Waals surface area contributed by atoms with Gasteiger partial charge < -0.3 is 14.5 Å². The van der Waals surface area contributed by atoms with Crippen molar-refractivity contribution in [3.63, 3.8) is 0 Å². The normalized spacial score (nSPS) is 12.0. The summed E-state index contributed by atoms with van der Waals surface area (Å²) >= 11 is 0. The average molecular weight is 433 g/mol. The third kappa shape index (κ3) is 4.54. The Kier molecular flexibility index (Phi) is 6.30. The van der Waals surface area contributed by atoms with Crippen LogP contribution in [0.1, 0.15) is 23.5 Å². The molecule has 2 heterocycles. The lowest BCUT2D eigenvalue weighted by Gasteiger charge is -2.15. The Bertz CT molecular complexity index is 1250. The van der Waals surface area contributed by atoms with Crippen LogP contribution < -0.4 is 10.1 Å². The van der Waals surface area contributed by atoms with E-state index < -0.39 is 5.92 Å². The molecular weight excluding hydrogens is 410 g/mol. The number of hydrogen-bond donors (Lipinski definition) is 1. The van der Waals surface area contributed by atoms with Crippen LogP contribution in [-0.4, -0.2) is 36.0 Å². The van der Waals surface area contributed by atoms with Crippen molar-refractivity contribution in [2.75, 3.05) is 20.2 Å². The maximum atomic E-state index is 12.7. The molecule has 0 radical (unpaired) electrons. The predicted molar refractivity (Wildman–Crippen MR) is 120 cm³/mol. The van der Waals surface area contributed by atoms with Crippen molar-refractivity contribution >= 4 is 27.8 Å². The van der Waals surface area contributed by atoms with Crippen molar-refractivity contribution in [2.24, 2.45) is 0 Å². The van der Waals surface area contributed by atoms with E-state index in [-0.39, 0.29) is 23.8 Å². The number of pyridine rings is 1. The molecule has 1 unspecified atom stereocenters. The number of benzene rings is 2. The second-order valence-electron chi connectivity index (χ2n) is 7.54. The highest BCUT2D eigenvalue weighted by Crippen LogP contribution is 2.40. The minimum Gasteiger partial charge on any atom is -0.493 e. The van der Waals surface area contributed by atoms with Gasteiger partial charge in [-0.15, -0.1) is 0 Å². The standard InChI is InChI=1S/C24H23N3O5/c1-31-20-8-7-18(23-19-10-11-25-14-21(19)32-24(20)23)17(15-27(29)30)13-22(28)26-12-9-16-5-3-2-4-6-16/h2-8,10-11,14,17H,9,12-13,15H2,1H3,(H,26,28). The fourth-order valence-corrected chi connectivity index (χ4v) is 3.98. The van der Waals surface area contributed by atoms with Gasteiger partial charge in [-0.2, -0.15) is 0 Å². The summed E-state index contributed by atoms with van der Waals surface area (Å²) in [7, 11) is 1.54. The molecule has 0 fully saturated rings. The molecule has 2 aromatic heterocycles. The molecule has 0 saturated carbocycles. The zero-order valence-electron chi connectivity index (χ0n) is 17.6. The van der Waals surface area contributed by atoms with Crippen LogP contribution in [0.2, 0.25) is 0 Å². The summed E-state index contributed by atoms with van der Waals surface area (Å²) in [6.45, 7) is 0.0949. The van der Waals surface area contributed by atoms with E-state index in [1.165, 1.54) is 7.11 Å². The minimum absolute atomic E-state index is 0.00500. The van der Waals surface area contributed by atoms with Gasteiger partial charge in [0.1, 0.15) is 0 Å². The number of fused-ring (bicyclic) bond motifs is 3. The molecule has 0 aliphatic heterocycles. The van der Waals surface area contributed by atoms with Crippen LogP contribution in [0.15, 0.2) is 65.3 Å². The summed E-state index contributed by atoms with van der Waals surface area (Å²) in [5.74, 6) is -0.331. The first-order valence-corrected chi connectivity index (χ1v) is 10.3. The first kappa shape index (κ1) is 21.3. The first-order valence-electron chi connectivity index (χ1n) is 10.3. The van der Waals surface area contributed by atoms with E-state index >= 15 is 0 Å². The van der Waals surface area contributed by atoms with E-state index in [1.807, 2.05) is 30.3 Å². The summed E-state index contributed by atoms with van der Waals surface area (Å²) in [5.41, 5.74) is 2.84. The number of ether oxygens (including phenoxy) is 1. The molecule has 0 aliphatic carbocycles. The summed E-state index contributed by atoms with van der Waals surface area (Å²) in [6, 6.07) is 15.1. The molecule has 8 nitrogen and oxygen atoms in total. The monoisotopic (exact) mass is 433 g/mol. The van der Waals surface area contributed by atoms with Crippen LogP contribution in [0.3, 0.4) is 0 Å². The van der Waals surface area contributed by atoms with Gasteiger partial charge in [0.2, 0.25) is 12.5 Å². The molecule has 32 heavy (non-hydrogen) atoms. The number of amides is 1. The molecular formula is C24H23N3O5. The second kappa shape index (κ2) is 9.47. The molecule has 0 bridgehead atoms. The fraction of sp³-hybridized carbons (Fsp3) is 0.250. The van der Waals surface area contributed by atoms with E-state index in [4.69, 9.17) is 9.15 Å². The van der Waals surface area contributed by atoms with Crippen molar-refractivity contribution in [2.45, 2.75) is 18.8 Å². The van der Waals surface area contributed by atoms with Gasteiger partial charge in [-0.25, -0.2) is 0 Å². The number of nitrogens with zero attached hydrogens (tertiary/aromatic N) is 2. The Morgan fingerprint density at radius 1 is 1.22 bits per heavy atom. The Morgan fingerprint density at radius 2 is 2.03 bits per heavy atom. The zero-order chi connectivity index (χ0) is 22.5. The number of nitro groups is 1. The zero-order valence-corrected chi connectivity index (χ0v) is 17.6. The average Bonchev–Trinajstić information content (AvgIpc) is 3.18. The van der Waals surface area contributed by atoms with Gasteiger partial charge in [-0.1, -0.05) is 36.4 Å². The van der Waals surface area contributed by atoms with Gasteiger partial charge in [-0.05, 0) is 29.7 Å². The molecule has 4 rings (SSSR count). The van der Waals surface area contributed by atoms with E-state index in [2.05, 4.69) is 10.3 Å². The number of nitrogens with one attached hydrogen (secondary N) is 1. The van der Waals surface area contributed by atoms with Crippen molar-refractivity contribution in [1.82, 2.24) is 10.3 Å². The van der Waals surface area contributed by atoms with E-state index in [0.29, 0.717) is 40.8 Å². The number of methoxy groups -OCH3 is 1. The molecule has 164 valence electrons. The topological polar surface area (TPSA) is 108 Å². The van der Waals surface area contributed by atoms with Crippen LogP contribution in [0, 0.1) is 10.1 Å². The Hall–Kier alpha value is -3.94. The van der Waals surface area contributed by atoms with Crippen LogP contribution in [0.4, 0.5) is 0 Å². The Balaban J connectivity index is 1.61. The molecule has 1 amide bonds. The molecule has 1 atom stereocenters. The fourth-order valence-electron chi connectivity index (χ4n) is 3.98. The number of carbonyl (C=O) groups excluding carboxylic acids is 1. The Morgan fingerprint density at radius 3 is 2.78 bits per heavy atom. The van der Waals surface area contributed by atoms with E-state index in [0.717, 1.165) is 10.9 Å². The molecule has 0 spiro atoms. The molecule has 0 aliphatic rings. The lowest BCUT2D eigenvalue weighted by atomic mass is 9.91. The predicted octanol–water partition coefficient (Wildman–Crippen LogP) is 4.10. The van der Waals surface area contributed by atoms with Gasteiger partial charge in [0.15, 0.2) is 16.9 Å². The lowest BCUT2D eigenvalue weighted by Crippen LogP contribution is -2.29. The van der Waals surface area contributed by atoms with Gasteiger partial charge >= 0.3 is 0 Å². The highest BCUT2D eigenvalue weighted by atomic mass is 16.6. The van der Waals surface area contributed by atoms with Crippen LogP contribution in [0.5, 0.6) is 5.75 Å². The molecule has 2 aromatic carbocycles. The summed E-state index contributed by atoms with van der Waals surface area (Å²) in [5, 5.41) is 15.8. The van der Waals surface area contributed by atoms with Crippen LogP contribution in [-0.2, 0) is 11.2 Å². The quantitative estimate of drug-likeness (QED) is 0.315. The molecule has 1 N–H and O–H groups in total. The van der Waals surface area contributed by atoms with Gasteiger partial charge in [0, 0.05) is 34.9 Å². The molecule has 8 heteroatoms. The van der Waals surface area contributed by atoms with Crippen molar-refractivity contribution in [3.05, 3.63) is 82.2 Å². The highest BCUT2D eigenvalue weighted by Gasteiger charge is 2.26. The van der Waals surface area contributed by atoms with Gasteiger partial charge in [0.05, 0.1) is 19.2 Å². The minimum atomic E-state index is -0.621. The van der Waals surface area contributed by atoms with Crippen LogP contribution in [0.25, 0.3) is 21.9 Å². The first-order chi connectivity index (χ1) is 15.6. The Labute approximate surface area is 184 Å². The number of hydrogen-bond acceptors (Lipinski definition) is 6. The summed E-state index contributed by atoms with van der Waals surface area (Å²) in [6.07, 6.45) is 3.92. The lowest BCUT2D eigenvalue weighted by molar-refractivity contribution is -0.483. The summed E-state index contributed by atoms with van der Waals surface area (Å²) < 4.78 is 11.4. The van der Waals surface area contributed by atoms with Gasteiger partial charge in [0.25, 0.3) is 0 Å². The third-order valence-electron chi connectivity index (χ3n) is 5.46. The smallest absolute Gasteiger partial charge is 0.220 e. The molecule has 4 aromatic rings.